The number of fused-ring (bicyclic) bond motifs is 3. The van der Waals surface area contributed by atoms with Crippen LogP contribution in [0.4, 0.5) is 0 Å². The molecule has 1 amide bonds. The number of aliphatic carboxylic acids is 1. The molecule has 0 aliphatic carbocycles. The number of carbonyl (C=O) groups is 2. The molecule has 2 aliphatic heterocycles. The first kappa shape index (κ1) is 16.8. The molecule has 2 aliphatic rings. The SMILES string of the molecule is Cc1cc(C(=O)N2C[C@H]3COC[C@@H]2CN(CC(=O)O)C3)nc(C)n1. The van der Waals surface area contributed by atoms with Gasteiger partial charge in [0.15, 0.2) is 0 Å². The number of carbonyl (C=O) groups excluding carboxylic acids is 1. The first-order chi connectivity index (χ1) is 11.4. The minimum absolute atomic E-state index is 0.0131. The fourth-order valence-corrected chi connectivity index (χ4v) is 3.48. The zero-order chi connectivity index (χ0) is 17.3. The second-order valence-corrected chi connectivity index (χ2v) is 6.54. The van der Waals surface area contributed by atoms with Crippen LogP contribution in [0, 0.1) is 19.8 Å². The van der Waals surface area contributed by atoms with Gasteiger partial charge in [-0.05, 0) is 19.9 Å². The average molecular weight is 334 g/mol. The van der Waals surface area contributed by atoms with E-state index in [2.05, 4.69) is 9.97 Å². The Kier molecular flexibility index (Phi) is 4.77. The monoisotopic (exact) mass is 334 g/mol. The van der Waals surface area contributed by atoms with Crippen LogP contribution >= 0.6 is 0 Å². The summed E-state index contributed by atoms with van der Waals surface area (Å²) in [7, 11) is 0. The highest BCUT2D eigenvalue weighted by Gasteiger charge is 2.37. The summed E-state index contributed by atoms with van der Waals surface area (Å²) in [5, 5.41) is 9.06. The predicted octanol–water partition coefficient (Wildman–Crippen LogP) is -0.0492. The molecule has 130 valence electrons. The Hall–Kier alpha value is -2.06. The van der Waals surface area contributed by atoms with Crippen LogP contribution in [0.5, 0.6) is 0 Å². The van der Waals surface area contributed by atoms with Crippen molar-refractivity contribution in [3.8, 4) is 0 Å². The van der Waals surface area contributed by atoms with Crippen LogP contribution in [0.2, 0.25) is 0 Å². The third kappa shape index (κ3) is 3.70. The fourth-order valence-electron chi connectivity index (χ4n) is 3.48. The van der Waals surface area contributed by atoms with Gasteiger partial charge in [0.1, 0.15) is 11.5 Å². The number of carboxylic acid groups (broad SMARTS) is 1. The molecular weight excluding hydrogens is 312 g/mol. The molecule has 3 rings (SSSR count). The summed E-state index contributed by atoms with van der Waals surface area (Å²) >= 11 is 0. The Morgan fingerprint density at radius 2 is 2.04 bits per heavy atom. The van der Waals surface area contributed by atoms with Crippen molar-refractivity contribution in [1.82, 2.24) is 19.8 Å². The van der Waals surface area contributed by atoms with Crippen LogP contribution in [0.15, 0.2) is 6.07 Å². The van der Waals surface area contributed by atoms with Gasteiger partial charge in [0, 0.05) is 31.2 Å². The summed E-state index contributed by atoms with van der Waals surface area (Å²) in [6, 6.07) is 1.53. The Morgan fingerprint density at radius 3 is 2.75 bits per heavy atom. The van der Waals surface area contributed by atoms with Crippen molar-refractivity contribution >= 4 is 11.9 Å². The summed E-state index contributed by atoms with van der Waals surface area (Å²) < 4.78 is 5.68. The summed E-state index contributed by atoms with van der Waals surface area (Å²) in [5.41, 5.74) is 1.14. The highest BCUT2D eigenvalue weighted by Crippen LogP contribution is 2.21. The zero-order valence-corrected chi connectivity index (χ0v) is 13.9. The molecule has 0 aromatic carbocycles. The number of aromatic nitrogens is 2. The van der Waals surface area contributed by atoms with E-state index in [0.717, 1.165) is 5.69 Å². The van der Waals surface area contributed by atoms with Gasteiger partial charge in [-0.3, -0.25) is 14.5 Å². The Bertz CT molecular complexity index is 631. The van der Waals surface area contributed by atoms with Gasteiger partial charge in [-0.2, -0.15) is 0 Å². The second kappa shape index (κ2) is 6.82. The van der Waals surface area contributed by atoms with Crippen molar-refractivity contribution in [2.45, 2.75) is 19.9 Å². The molecule has 0 unspecified atom stereocenters. The number of nitrogens with zero attached hydrogens (tertiary/aromatic N) is 4. The number of hydrogen-bond acceptors (Lipinski definition) is 6. The van der Waals surface area contributed by atoms with Crippen molar-refractivity contribution in [3.05, 3.63) is 23.3 Å². The summed E-state index contributed by atoms with van der Waals surface area (Å²) in [6.45, 7) is 6.22. The van der Waals surface area contributed by atoms with Crippen molar-refractivity contribution in [2.24, 2.45) is 5.92 Å². The van der Waals surface area contributed by atoms with E-state index in [1.54, 1.807) is 17.9 Å². The quantitative estimate of drug-likeness (QED) is 0.828. The van der Waals surface area contributed by atoms with Gasteiger partial charge in [-0.25, -0.2) is 9.97 Å². The maximum absolute atomic E-state index is 13.0. The normalized spacial score (nSPS) is 24.5. The van der Waals surface area contributed by atoms with Crippen molar-refractivity contribution in [2.75, 3.05) is 39.4 Å². The van der Waals surface area contributed by atoms with E-state index < -0.39 is 5.97 Å². The van der Waals surface area contributed by atoms with E-state index in [1.165, 1.54) is 0 Å². The molecule has 2 fully saturated rings. The average Bonchev–Trinajstić information content (AvgIpc) is 2.75. The number of rotatable bonds is 3. The highest BCUT2D eigenvalue weighted by atomic mass is 16.5. The molecule has 8 nitrogen and oxygen atoms in total. The van der Waals surface area contributed by atoms with Crippen LogP contribution in [0.25, 0.3) is 0 Å². The van der Waals surface area contributed by atoms with E-state index in [-0.39, 0.29) is 24.4 Å². The molecule has 1 aromatic rings. The number of ether oxygens (including phenoxy) is 1. The molecule has 0 saturated carbocycles. The maximum Gasteiger partial charge on any atom is 0.317 e. The highest BCUT2D eigenvalue weighted by molar-refractivity contribution is 5.92. The van der Waals surface area contributed by atoms with Gasteiger partial charge in [-0.1, -0.05) is 0 Å². The number of hydrogen-bond donors (Lipinski definition) is 1. The van der Waals surface area contributed by atoms with E-state index in [1.807, 2.05) is 11.8 Å². The largest absolute Gasteiger partial charge is 0.480 e. The molecule has 1 N–H and O–H groups in total. The molecule has 2 atom stereocenters. The minimum Gasteiger partial charge on any atom is -0.480 e. The Labute approximate surface area is 140 Å². The molecule has 1 aromatic heterocycles. The van der Waals surface area contributed by atoms with Crippen molar-refractivity contribution < 1.29 is 19.4 Å². The maximum atomic E-state index is 13.0. The molecule has 2 bridgehead atoms. The van der Waals surface area contributed by atoms with Gasteiger partial charge in [0.25, 0.3) is 5.91 Å². The lowest BCUT2D eigenvalue weighted by atomic mass is 10.1. The first-order valence-electron chi connectivity index (χ1n) is 8.07. The van der Waals surface area contributed by atoms with Gasteiger partial charge < -0.3 is 14.7 Å². The standard InChI is InChI=1S/C16H22N4O4/c1-10-3-14(18-11(2)17-10)16(23)20-5-12-4-19(7-15(21)22)6-13(20)9-24-8-12/h3,12-13H,4-9H2,1-2H3,(H,21,22)/t12-,13-/m0/s1. The number of amides is 1. The lowest BCUT2D eigenvalue weighted by molar-refractivity contribution is -0.138. The van der Waals surface area contributed by atoms with Crippen molar-refractivity contribution in [1.29, 1.82) is 0 Å². The van der Waals surface area contributed by atoms with Crippen LogP contribution in [0.1, 0.15) is 22.0 Å². The summed E-state index contributed by atoms with van der Waals surface area (Å²) in [6.07, 6.45) is 0. The molecular formula is C16H22N4O4. The molecule has 3 heterocycles. The van der Waals surface area contributed by atoms with E-state index in [9.17, 15) is 9.59 Å². The Morgan fingerprint density at radius 1 is 1.25 bits per heavy atom. The smallest absolute Gasteiger partial charge is 0.317 e. The van der Waals surface area contributed by atoms with Crippen molar-refractivity contribution in [3.63, 3.8) is 0 Å². The molecule has 0 spiro atoms. The predicted molar refractivity (Wildman–Crippen MR) is 84.7 cm³/mol. The van der Waals surface area contributed by atoms with Gasteiger partial charge in [0.05, 0.1) is 25.8 Å². The lowest BCUT2D eigenvalue weighted by Crippen LogP contribution is -2.47. The van der Waals surface area contributed by atoms with E-state index >= 15 is 0 Å². The molecule has 0 radical (unpaired) electrons. The number of aryl methyl sites for hydroxylation is 2. The van der Waals surface area contributed by atoms with Gasteiger partial charge >= 0.3 is 5.97 Å². The van der Waals surface area contributed by atoms with Gasteiger partial charge in [-0.15, -0.1) is 0 Å². The van der Waals surface area contributed by atoms with E-state index in [0.29, 0.717) is 44.4 Å². The minimum atomic E-state index is -0.851. The summed E-state index contributed by atoms with van der Waals surface area (Å²) in [5.74, 6) is -0.318. The zero-order valence-electron chi connectivity index (χ0n) is 13.9. The van der Waals surface area contributed by atoms with E-state index in [4.69, 9.17) is 9.84 Å². The topological polar surface area (TPSA) is 95.9 Å². The van der Waals surface area contributed by atoms with Crippen LogP contribution in [-0.2, 0) is 9.53 Å². The second-order valence-electron chi connectivity index (χ2n) is 6.54. The van der Waals surface area contributed by atoms with Crippen LogP contribution in [-0.4, -0.2) is 82.2 Å². The van der Waals surface area contributed by atoms with Gasteiger partial charge in [0.2, 0.25) is 0 Å². The molecule has 2 saturated heterocycles. The third-order valence-electron chi connectivity index (χ3n) is 4.35. The fraction of sp³-hybridized carbons (Fsp3) is 0.625. The lowest BCUT2D eigenvalue weighted by Gasteiger charge is -2.30. The third-order valence-corrected chi connectivity index (χ3v) is 4.35. The first-order valence-corrected chi connectivity index (χ1v) is 8.07. The Balaban J connectivity index is 1.84. The molecule has 8 heteroatoms. The number of carboxylic acids is 1. The van der Waals surface area contributed by atoms with Crippen LogP contribution in [0.3, 0.4) is 0 Å². The van der Waals surface area contributed by atoms with Crippen LogP contribution < -0.4 is 0 Å². The molecule has 24 heavy (non-hydrogen) atoms. The summed E-state index contributed by atoms with van der Waals surface area (Å²) in [4.78, 5) is 36.2.